The largest absolute Gasteiger partial charge is 0.374 e. The lowest BCUT2D eigenvalue weighted by atomic mass is 9.98. The van der Waals surface area contributed by atoms with Gasteiger partial charge in [-0.1, -0.05) is 17.8 Å². The molecular weight excluding hydrogens is 286 g/mol. The highest BCUT2D eigenvalue weighted by Gasteiger charge is 2.19. The molecule has 0 spiro atoms. The molecule has 0 aromatic carbocycles. The number of nitrogens with zero attached hydrogens (tertiary/aromatic N) is 3. The van der Waals surface area contributed by atoms with Crippen LogP contribution in [0.4, 0.5) is 5.13 Å². The number of nitrogens with two attached hydrogens (primary N) is 1. The highest BCUT2D eigenvalue weighted by atomic mass is 32.1. The van der Waals surface area contributed by atoms with E-state index in [1.54, 1.807) is 0 Å². The summed E-state index contributed by atoms with van der Waals surface area (Å²) in [5, 5.41) is 12.2. The van der Waals surface area contributed by atoms with Gasteiger partial charge in [0.1, 0.15) is 5.01 Å². The van der Waals surface area contributed by atoms with Crippen LogP contribution in [0.2, 0.25) is 0 Å². The van der Waals surface area contributed by atoms with Crippen molar-refractivity contribution in [3.05, 3.63) is 5.01 Å². The van der Waals surface area contributed by atoms with Crippen LogP contribution in [-0.2, 0) is 11.2 Å². The first-order valence-electron chi connectivity index (χ1n) is 7.70. The molecule has 0 saturated carbocycles. The van der Waals surface area contributed by atoms with Crippen molar-refractivity contribution in [3.63, 3.8) is 0 Å². The molecule has 1 saturated heterocycles. The number of carbonyl (C=O) groups excluding carboxylic acids is 1. The number of nitrogen functional groups attached to an aromatic ring is 1. The maximum absolute atomic E-state index is 11.8. The molecule has 21 heavy (non-hydrogen) atoms. The van der Waals surface area contributed by atoms with Crippen LogP contribution in [0.3, 0.4) is 0 Å². The van der Waals surface area contributed by atoms with E-state index in [0.717, 1.165) is 30.8 Å². The number of hydrogen-bond donors (Lipinski definition) is 2. The second-order valence-electron chi connectivity index (χ2n) is 5.66. The summed E-state index contributed by atoms with van der Waals surface area (Å²) in [6, 6.07) is 0.578. The van der Waals surface area contributed by atoms with Crippen molar-refractivity contribution in [1.82, 2.24) is 20.4 Å². The number of rotatable bonds is 7. The molecule has 1 aromatic heterocycles. The first-order valence-corrected chi connectivity index (χ1v) is 8.51. The molecule has 1 atom stereocenters. The summed E-state index contributed by atoms with van der Waals surface area (Å²) >= 11 is 1.41. The van der Waals surface area contributed by atoms with E-state index in [4.69, 9.17) is 5.73 Å². The molecule has 1 aliphatic heterocycles. The van der Waals surface area contributed by atoms with Gasteiger partial charge in [0.2, 0.25) is 11.0 Å². The number of nitrogens with one attached hydrogen (secondary N) is 1. The topological polar surface area (TPSA) is 84.1 Å². The summed E-state index contributed by atoms with van der Waals surface area (Å²) in [5.74, 6) is 0.158. The van der Waals surface area contributed by atoms with Crippen LogP contribution in [0.15, 0.2) is 0 Å². The van der Waals surface area contributed by atoms with E-state index in [1.165, 1.54) is 30.6 Å². The fraction of sp³-hybridized carbons (Fsp3) is 0.786. The Hall–Kier alpha value is -1.21. The number of amides is 1. The van der Waals surface area contributed by atoms with Gasteiger partial charge in [-0.25, -0.2) is 0 Å². The predicted octanol–water partition coefficient (Wildman–Crippen LogP) is 1.43. The Kier molecular flexibility index (Phi) is 6.38. The van der Waals surface area contributed by atoms with Crippen molar-refractivity contribution in [3.8, 4) is 0 Å². The molecule has 6 nitrogen and oxygen atoms in total. The average molecular weight is 311 g/mol. The van der Waals surface area contributed by atoms with Crippen LogP contribution < -0.4 is 11.1 Å². The van der Waals surface area contributed by atoms with Crippen molar-refractivity contribution in [2.75, 3.05) is 25.9 Å². The zero-order valence-corrected chi connectivity index (χ0v) is 13.5. The fourth-order valence-corrected chi connectivity index (χ4v) is 3.38. The van der Waals surface area contributed by atoms with E-state index >= 15 is 0 Å². The summed E-state index contributed by atoms with van der Waals surface area (Å²) in [5.41, 5.74) is 5.52. The minimum atomic E-state index is 0.158. The van der Waals surface area contributed by atoms with Crippen LogP contribution in [-0.4, -0.2) is 47.2 Å². The second-order valence-corrected chi connectivity index (χ2v) is 6.75. The number of piperidine rings is 1. The Morgan fingerprint density at radius 3 is 3.05 bits per heavy atom. The molecule has 0 unspecified atom stereocenters. The molecule has 2 heterocycles. The number of aromatic nitrogens is 2. The van der Waals surface area contributed by atoms with Gasteiger partial charge in [-0.15, -0.1) is 10.2 Å². The first kappa shape index (κ1) is 16.2. The van der Waals surface area contributed by atoms with Gasteiger partial charge in [0, 0.05) is 25.4 Å². The molecule has 1 amide bonds. The zero-order chi connectivity index (χ0) is 15.1. The number of anilines is 1. The minimum Gasteiger partial charge on any atom is -0.374 e. The highest BCUT2D eigenvalue weighted by Crippen LogP contribution is 2.18. The molecule has 118 valence electrons. The lowest BCUT2D eigenvalue weighted by Gasteiger charge is -2.32. The SMILES string of the molecule is CN1CCCC[C@@H]1CCC(=O)NCCCc1nnc(N)s1. The average Bonchev–Trinajstić information content (AvgIpc) is 2.88. The quantitative estimate of drug-likeness (QED) is 0.744. The summed E-state index contributed by atoms with van der Waals surface area (Å²) in [6.07, 6.45) is 7.10. The zero-order valence-electron chi connectivity index (χ0n) is 12.7. The third-order valence-electron chi connectivity index (χ3n) is 4.00. The summed E-state index contributed by atoms with van der Waals surface area (Å²) in [7, 11) is 2.16. The molecule has 1 aliphatic rings. The Morgan fingerprint density at radius 2 is 2.33 bits per heavy atom. The number of carbonyl (C=O) groups is 1. The molecule has 7 heteroatoms. The van der Waals surface area contributed by atoms with Gasteiger partial charge in [0.15, 0.2) is 0 Å². The van der Waals surface area contributed by atoms with E-state index in [2.05, 4.69) is 27.5 Å². The van der Waals surface area contributed by atoms with E-state index in [9.17, 15) is 4.79 Å². The smallest absolute Gasteiger partial charge is 0.220 e. The van der Waals surface area contributed by atoms with E-state index in [1.807, 2.05) is 0 Å². The molecule has 2 rings (SSSR count). The molecule has 0 bridgehead atoms. The van der Waals surface area contributed by atoms with Gasteiger partial charge in [0.05, 0.1) is 0 Å². The van der Waals surface area contributed by atoms with Crippen molar-refractivity contribution in [2.45, 2.75) is 51.0 Å². The molecular formula is C14H25N5OS. The van der Waals surface area contributed by atoms with Gasteiger partial charge in [0.25, 0.3) is 0 Å². The predicted molar refractivity (Wildman–Crippen MR) is 85.2 cm³/mol. The van der Waals surface area contributed by atoms with E-state index < -0.39 is 0 Å². The van der Waals surface area contributed by atoms with Crippen LogP contribution in [0.25, 0.3) is 0 Å². The van der Waals surface area contributed by atoms with Gasteiger partial charge in [-0.2, -0.15) is 0 Å². The summed E-state index contributed by atoms with van der Waals surface area (Å²) < 4.78 is 0. The molecule has 1 fully saturated rings. The maximum atomic E-state index is 11.8. The third-order valence-corrected chi connectivity index (χ3v) is 4.81. The monoisotopic (exact) mass is 311 g/mol. The standard InChI is InChI=1S/C14H25N5OS/c1-19-10-3-2-5-11(19)7-8-12(20)16-9-4-6-13-17-18-14(15)21-13/h11H,2-10H2,1H3,(H2,15,18)(H,16,20)/t11-/m1/s1. The Balaban J connectivity index is 1.55. The first-order chi connectivity index (χ1) is 10.1. The van der Waals surface area contributed by atoms with Crippen LogP contribution >= 0.6 is 11.3 Å². The summed E-state index contributed by atoms with van der Waals surface area (Å²) in [4.78, 5) is 14.2. The highest BCUT2D eigenvalue weighted by molar-refractivity contribution is 7.15. The normalized spacial score (nSPS) is 19.6. The van der Waals surface area contributed by atoms with Crippen molar-refractivity contribution >= 4 is 22.4 Å². The lowest BCUT2D eigenvalue weighted by Crippen LogP contribution is -2.37. The Bertz CT molecular complexity index is 450. The van der Waals surface area contributed by atoms with Gasteiger partial charge in [-0.05, 0) is 39.3 Å². The Labute approximate surface area is 130 Å². The van der Waals surface area contributed by atoms with Crippen molar-refractivity contribution in [2.24, 2.45) is 0 Å². The van der Waals surface area contributed by atoms with Gasteiger partial charge >= 0.3 is 0 Å². The number of aryl methyl sites for hydroxylation is 1. The molecule has 0 aliphatic carbocycles. The van der Waals surface area contributed by atoms with Crippen LogP contribution in [0.5, 0.6) is 0 Å². The second kappa shape index (κ2) is 8.29. The van der Waals surface area contributed by atoms with Gasteiger partial charge < -0.3 is 16.0 Å². The van der Waals surface area contributed by atoms with Crippen molar-refractivity contribution < 1.29 is 4.79 Å². The lowest BCUT2D eigenvalue weighted by molar-refractivity contribution is -0.121. The van der Waals surface area contributed by atoms with Crippen molar-refractivity contribution in [1.29, 1.82) is 0 Å². The van der Waals surface area contributed by atoms with Crippen LogP contribution in [0.1, 0.15) is 43.5 Å². The number of likely N-dealkylation sites (tertiary alicyclic amines) is 1. The molecule has 3 N–H and O–H groups in total. The molecule has 1 aromatic rings. The Morgan fingerprint density at radius 1 is 1.48 bits per heavy atom. The van der Waals surface area contributed by atoms with Crippen LogP contribution in [0, 0.1) is 0 Å². The summed E-state index contributed by atoms with van der Waals surface area (Å²) in [6.45, 7) is 1.86. The molecule has 0 radical (unpaired) electrons. The minimum absolute atomic E-state index is 0.158. The third kappa shape index (κ3) is 5.59. The fourth-order valence-electron chi connectivity index (χ4n) is 2.73. The van der Waals surface area contributed by atoms with Gasteiger partial charge in [-0.3, -0.25) is 4.79 Å². The maximum Gasteiger partial charge on any atom is 0.220 e. The van der Waals surface area contributed by atoms with E-state index in [-0.39, 0.29) is 5.91 Å². The number of hydrogen-bond acceptors (Lipinski definition) is 6. The van der Waals surface area contributed by atoms with E-state index in [0.29, 0.717) is 24.1 Å².